The number of methoxy groups -OCH3 is 1. The molecule has 119 heavy (non-hydrogen) atoms. The van der Waals surface area contributed by atoms with Gasteiger partial charge < -0.3 is 86.5 Å². The minimum absolute atomic E-state index is 0. The van der Waals surface area contributed by atoms with Gasteiger partial charge >= 0.3 is 95.7 Å². The van der Waals surface area contributed by atoms with Crippen LogP contribution in [0.5, 0.6) is 0 Å². The zero-order valence-electron chi connectivity index (χ0n) is 74.4. The monoisotopic (exact) mass is 2160 g/mol. The number of rotatable bonds is 9. The van der Waals surface area contributed by atoms with E-state index in [0.717, 1.165) is 115 Å². The molecule has 0 unspecified atom stereocenters. The fraction of sp³-hybridized carbons (Fsp3) is 0.731. The standard InChI is InChI=1S/C15H23IN4O3.C13H19I2N3O2.C13H20IN3O2.C13H21N3O2.C11H21NO3.C11H21NO2.C2H2O2.2Na.O3S/c1-8(2)12(19-15(22)23-4)14(21)20-9(3)5-6-10(20)13-17-7-11(16)18-13;1-7-5-6-8(11-16-9(14)10(15)17-11)18(7)12(19)20-13(2,3)4;1-8-5-6-9(11-15-7-10(14)16-11)17(8)12(18)19-13(2,3)4;1-9-5-6-10(11-14-7-8-15-11)16(9)12(17)18-13(2,3)4;1-8-5-6-9(7-13)12(8)10(14)15-11(2,3)4;1-8-6-7-9(2)12(8)10(13)14-11(3,4)5;3-1-2-4;;;1-4(2)3/h7-10,12H,5-6H2,1-4H3,(H,17,18)(H,19,22);7-8H,5-6H2,1-4H3,(H,16,17);7-9H,5-6H2,1-4H3,(H,15,16);7-10H,5-6H2,1-4H3,(H,14,15);8-9,13H,5-7H2,1-4H3;8-9H,6-7H2,1-5H3;1-2H;;;/q;;;;;;;2*+1;-2/t9-,10-,12-;7-,8-;8-,9-;9-,10-;8-,9-;8-,9+;;;;/m00000...../s1. The Labute approximate surface area is 803 Å². The van der Waals surface area contributed by atoms with Crippen LogP contribution in [0, 0.1) is 20.7 Å². The molecule has 0 spiro atoms. The number of hydrogen-bond donors (Lipinski definition) is 6. The van der Waals surface area contributed by atoms with Crippen molar-refractivity contribution in [3.8, 4) is 0 Å². The minimum atomic E-state index is -3.11. The number of ether oxygens (including phenoxy) is 6. The van der Waals surface area contributed by atoms with Crippen molar-refractivity contribution in [1.29, 1.82) is 0 Å². The molecular formula is C78H127I4N15Na2O19S. The van der Waals surface area contributed by atoms with Gasteiger partial charge in [0.2, 0.25) is 5.91 Å². The average Bonchev–Trinajstić information content (AvgIpc) is 1.67. The summed E-state index contributed by atoms with van der Waals surface area (Å²) in [4.78, 5) is 144. The first-order chi connectivity index (χ1) is 54.0. The number of H-pyrrole nitrogens is 4. The molecule has 4 aromatic rings. The topological polar surface area (TPSA) is 433 Å². The summed E-state index contributed by atoms with van der Waals surface area (Å²) in [7, 11) is -1.82. The largest absolute Gasteiger partial charge is 1.00 e. The maximum atomic E-state index is 13.1. The van der Waals surface area contributed by atoms with Crippen LogP contribution in [0.1, 0.15) is 291 Å². The maximum absolute atomic E-state index is 13.1. The molecule has 0 aliphatic carbocycles. The molecule has 41 heteroatoms. The molecule has 664 valence electrons. The SMILES string of the molecule is COC(=O)N[C@H](C(=O)N1[C@@H](C)CC[C@H]1c1ncc(I)[nH]1)C(C)C.C[C@@H]1CC[C@H](C)N1C(=O)OC(C)(C)C.C[C@H]1CC[C@@H](CO)N1C(=O)OC(C)(C)C.C[C@H]1CC[C@@H](c2nc(I)c(I)[nH]2)N1C(=O)OC(C)(C)C.C[C@H]1CC[C@@H](c2ncc(I)[nH]2)N1C(=O)OC(C)(C)C.C[C@H]1CC[C@@H](c2ncc[nH]2)N1C(=O)OC(C)(C)C.O=CC=O.O=[S-](=O)[O-].[Na+].[Na+]. The van der Waals surface area contributed by atoms with Crippen molar-refractivity contribution < 1.29 is 149 Å². The van der Waals surface area contributed by atoms with Crippen LogP contribution in [0.4, 0.5) is 28.8 Å². The number of aldehydes is 2. The van der Waals surface area contributed by atoms with E-state index in [-0.39, 0.29) is 187 Å². The zero-order chi connectivity index (χ0) is 89.3. The Morgan fingerprint density at radius 1 is 0.496 bits per heavy atom. The van der Waals surface area contributed by atoms with Gasteiger partial charge in [-0.2, -0.15) is 11.0 Å². The molecule has 34 nitrogen and oxygen atoms in total. The van der Waals surface area contributed by atoms with Gasteiger partial charge in [-0.05, 0) is 326 Å². The number of imidazole rings is 4. The molecule has 13 atom stereocenters. The van der Waals surface area contributed by atoms with Crippen molar-refractivity contribution in [3.63, 3.8) is 0 Å². The van der Waals surface area contributed by atoms with E-state index in [1.54, 1.807) is 39.5 Å². The number of likely N-dealkylation sites (tertiary alicyclic amines) is 6. The van der Waals surface area contributed by atoms with Crippen molar-refractivity contribution in [2.75, 3.05) is 13.7 Å². The predicted octanol–water partition coefficient (Wildman–Crippen LogP) is 10.3. The molecule has 6 aliphatic rings. The van der Waals surface area contributed by atoms with Crippen LogP contribution in [0.3, 0.4) is 0 Å². The number of nitrogens with zero attached hydrogens (tertiary/aromatic N) is 10. The number of halogens is 4. The second-order valence-corrected chi connectivity index (χ2v) is 39.6. The van der Waals surface area contributed by atoms with Crippen molar-refractivity contribution in [1.82, 2.24) is 74.6 Å². The van der Waals surface area contributed by atoms with Crippen LogP contribution in [0.25, 0.3) is 0 Å². The first kappa shape index (κ1) is 113. The normalized spacial score (nSPS) is 22.8. The molecule has 6 N–H and O–H groups in total. The van der Waals surface area contributed by atoms with Gasteiger partial charge in [0.25, 0.3) is 0 Å². The third kappa shape index (κ3) is 38.4. The van der Waals surface area contributed by atoms with Gasteiger partial charge in [0, 0.05) is 54.7 Å². The molecule has 6 saturated heterocycles. The van der Waals surface area contributed by atoms with E-state index < -0.39 is 45.5 Å². The summed E-state index contributed by atoms with van der Waals surface area (Å²) in [6.07, 6.45) is 17.0. The van der Waals surface area contributed by atoms with Crippen LogP contribution in [-0.4, -0.2) is 230 Å². The van der Waals surface area contributed by atoms with Gasteiger partial charge in [0.1, 0.15) is 64.7 Å². The van der Waals surface area contributed by atoms with Crippen LogP contribution in [0.15, 0.2) is 24.8 Å². The summed E-state index contributed by atoms with van der Waals surface area (Å²) in [6.45, 7) is 46.4. The fourth-order valence-electron chi connectivity index (χ4n) is 13.8. The quantitative estimate of drug-likeness (QED) is 0.0132. The van der Waals surface area contributed by atoms with Crippen LogP contribution in [0.2, 0.25) is 0 Å². The number of aliphatic hydroxyl groups excluding tert-OH is 1. The summed E-state index contributed by atoms with van der Waals surface area (Å²) >= 11 is 8.77. The van der Waals surface area contributed by atoms with Crippen LogP contribution >= 0.6 is 90.4 Å². The first-order valence-electron chi connectivity index (χ1n) is 39.3. The third-order valence-electron chi connectivity index (χ3n) is 18.9. The summed E-state index contributed by atoms with van der Waals surface area (Å²) in [5, 5.41) is 11.8. The predicted molar refractivity (Wildman–Crippen MR) is 472 cm³/mol. The van der Waals surface area contributed by atoms with Gasteiger partial charge in [-0.1, -0.05) is 13.8 Å². The minimum Gasteiger partial charge on any atom is -0.917 e. The number of carbonyl (C=O) groups excluding carboxylic acids is 9. The van der Waals surface area contributed by atoms with Crippen molar-refractivity contribution in [2.24, 2.45) is 5.92 Å². The zero-order valence-corrected chi connectivity index (χ0v) is 87.9. The molecular weight excluding hydrogens is 2040 g/mol. The van der Waals surface area contributed by atoms with E-state index in [4.69, 9.17) is 51.4 Å². The Bertz CT molecular complexity index is 3860. The fourth-order valence-corrected chi connectivity index (χ4v) is 15.4. The number of aromatic nitrogens is 8. The number of aromatic amines is 4. The van der Waals surface area contributed by atoms with Gasteiger partial charge in [0.15, 0.2) is 12.6 Å². The number of nitrogens with one attached hydrogen (secondary N) is 5. The second kappa shape index (κ2) is 51.6. The van der Waals surface area contributed by atoms with E-state index >= 15 is 0 Å². The number of aliphatic hydroxyl groups is 1. The van der Waals surface area contributed by atoms with Gasteiger partial charge in [-0.3, -0.25) is 29.1 Å². The molecule has 10 rings (SSSR count). The molecule has 10 heterocycles. The average molecular weight is 2160 g/mol. The van der Waals surface area contributed by atoms with Crippen LogP contribution < -0.4 is 64.4 Å². The number of hydrogen-bond acceptors (Lipinski definition) is 24. The summed E-state index contributed by atoms with van der Waals surface area (Å²) in [6, 6.07) is 0.673. The van der Waals surface area contributed by atoms with Gasteiger partial charge in [-0.25, -0.2) is 48.7 Å². The summed E-state index contributed by atoms with van der Waals surface area (Å²) in [5.74, 6) is 3.21. The first-order valence-corrected chi connectivity index (χ1v) is 44.6. The van der Waals surface area contributed by atoms with Gasteiger partial charge in [0.05, 0.1) is 63.7 Å². The van der Waals surface area contributed by atoms with E-state index in [1.807, 2.05) is 153 Å². The van der Waals surface area contributed by atoms with E-state index in [2.05, 4.69) is 168 Å². The second-order valence-electron chi connectivity index (χ2n) is 34.8. The molecule has 6 fully saturated rings. The molecule has 0 saturated carbocycles. The Hall–Kier alpha value is -3.94. The number of amides is 7. The Kier molecular flexibility index (Phi) is 49.0. The Morgan fingerprint density at radius 3 is 1.09 bits per heavy atom. The number of alkyl carbamates (subject to hydrolysis) is 1. The molecule has 4 aromatic heterocycles. The van der Waals surface area contributed by atoms with E-state index in [9.17, 15) is 33.6 Å². The van der Waals surface area contributed by atoms with Crippen molar-refractivity contribution in [2.45, 2.75) is 350 Å². The maximum Gasteiger partial charge on any atom is 1.00 e. The molecule has 7 amide bonds. The summed E-state index contributed by atoms with van der Waals surface area (Å²) < 4.78 is 61.0. The Balaban J connectivity index is 0.000000702. The Morgan fingerprint density at radius 2 is 0.798 bits per heavy atom. The van der Waals surface area contributed by atoms with E-state index in [0.29, 0.717) is 12.1 Å². The number of carbonyl (C=O) groups is 9. The molecule has 0 aromatic carbocycles. The molecule has 0 radical (unpaired) electrons. The molecule has 6 aliphatic heterocycles. The smallest absolute Gasteiger partial charge is 0.917 e. The van der Waals surface area contributed by atoms with Crippen molar-refractivity contribution >= 4 is 156 Å². The van der Waals surface area contributed by atoms with Crippen LogP contribution in [-0.2, 0) is 62.2 Å². The summed E-state index contributed by atoms with van der Waals surface area (Å²) in [5.41, 5.74) is -2.27. The van der Waals surface area contributed by atoms with E-state index in [1.165, 1.54) is 7.11 Å². The van der Waals surface area contributed by atoms with Gasteiger partial charge in [-0.15, -0.1) is 0 Å². The molecule has 0 bridgehead atoms. The van der Waals surface area contributed by atoms with Crippen molar-refractivity contribution in [3.05, 3.63) is 62.9 Å². The third-order valence-corrected chi connectivity index (χ3v) is 22.6.